The van der Waals surface area contributed by atoms with E-state index >= 15 is 0 Å². The van der Waals surface area contributed by atoms with Gasteiger partial charge in [-0.2, -0.15) is 4.98 Å². The summed E-state index contributed by atoms with van der Waals surface area (Å²) in [7, 11) is 0. The van der Waals surface area contributed by atoms with E-state index in [2.05, 4.69) is 20.0 Å². The first-order chi connectivity index (χ1) is 10.2. The van der Waals surface area contributed by atoms with Crippen molar-refractivity contribution in [2.45, 2.75) is 64.1 Å². The molecular formula is C15H21ClN4O2. The van der Waals surface area contributed by atoms with Crippen LogP contribution in [0.4, 0.5) is 0 Å². The van der Waals surface area contributed by atoms with Crippen LogP contribution in [0.25, 0.3) is 0 Å². The second-order valence-electron chi connectivity index (χ2n) is 6.24. The quantitative estimate of drug-likeness (QED) is 0.864. The zero-order chi connectivity index (χ0) is 14.4. The van der Waals surface area contributed by atoms with Crippen molar-refractivity contribution in [3.8, 4) is 0 Å². The van der Waals surface area contributed by atoms with Crippen LogP contribution in [0, 0.1) is 13.8 Å². The van der Waals surface area contributed by atoms with Crippen LogP contribution < -0.4 is 0 Å². The van der Waals surface area contributed by atoms with Crippen LogP contribution in [0.15, 0.2) is 15.1 Å². The van der Waals surface area contributed by atoms with Gasteiger partial charge in [0.1, 0.15) is 5.76 Å². The summed E-state index contributed by atoms with van der Waals surface area (Å²) < 4.78 is 10.8. The number of rotatable bonds is 3. The van der Waals surface area contributed by atoms with E-state index in [-0.39, 0.29) is 12.4 Å². The summed E-state index contributed by atoms with van der Waals surface area (Å²) in [5.41, 5.74) is 0. The fourth-order valence-corrected chi connectivity index (χ4v) is 3.88. The molecule has 2 aromatic heterocycles. The molecule has 2 bridgehead atoms. The Morgan fingerprint density at radius 1 is 1.18 bits per heavy atom. The maximum Gasteiger partial charge on any atom is 0.223 e. The summed E-state index contributed by atoms with van der Waals surface area (Å²) in [6.07, 6.45) is 6.59. The highest BCUT2D eigenvalue weighted by molar-refractivity contribution is 5.85. The predicted molar refractivity (Wildman–Crippen MR) is 81.9 cm³/mol. The van der Waals surface area contributed by atoms with Gasteiger partial charge in [0.05, 0.1) is 12.7 Å². The minimum absolute atomic E-state index is 0. The zero-order valence-electron chi connectivity index (χ0n) is 12.9. The number of hydrogen-bond acceptors (Lipinski definition) is 6. The van der Waals surface area contributed by atoms with Crippen molar-refractivity contribution >= 4 is 12.4 Å². The van der Waals surface area contributed by atoms with Crippen molar-refractivity contribution in [1.82, 2.24) is 20.0 Å². The predicted octanol–water partition coefficient (Wildman–Crippen LogP) is 3.01. The molecule has 2 unspecified atom stereocenters. The molecule has 0 saturated carbocycles. The SMILES string of the molecule is Cc1nc(C2CC3CCC(C2)N3Cc2cnc(C)o2)no1.Cl. The normalized spacial score (nSPS) is 27.8. The van der Waals surface area contributed by atoms with Crippen molar-refractivity contribution in [2.24, 2.45) is 0 Å². The van der Waals surface area contributed by atoms with E-state index in [1.165, 1.54) is 12.8 Å². The molecular weight excluding hydrogens is 304 g/mol. The van der Waals surface area contributed by atoms with E-state index in [0.29, 0.717) is 23.9 Å². The summed E-state index contributed by atoms with van der Waals surface area (Å²) in [5.74, 6) is 3.71. The van der Waals surface area contributed by atoms with Crippen molar-refractivity contribution in [1.29, 1.82) is 0 Å². The van der Waals surface area contributed by atoms with Gasteiger partial charge in [-0.15, -0.1) is 12.4 Å². The summed E-state index contributed by atoms with van der Waals surface area (Å²) in [6.45, 7) is 4.61. The third-order valence-corrected chi connectivity index (χ3v) is 4.80. The van der Waals surface area contributed by atoms with Crippen LogP contribution in [-0.4, -0.2) is 32.1 Å². The number of halogens is 1. The number of hydrogen-bond donors (Lipinski definition) is 0. The number of fused-ring (bicyclic) bond motifs is 2. The Labute approximate surface area is 135 Å². The molecule has 120 valence electrons. The maximum absolute atomic E-state index is 5.63. The molecule has 2 saturated heterocycles. The molecule has 6 nitrogen and oxygen atoms in total. The highest BCUT2D eigenvalue weighted by atomic mass is 35.5. The van der Waals surface area contributed by atoms with Crippen molar-refractivity contribution in [3.63, 3.8) is 0 Å². The topological polar surface area (TPSA) is 68.2 Å². The first kappa shape index (κ1) is 15.5. The molecule has 2 aliphatic rings. The molecule has 4 rings (SSSR count). The van der Waals surface area contributed by atoms with E-state index in [1.807, 2.05) is 20.0 Å². The summed E-state index contributed by atoms with van der Waals surface area (Å²) in [4.78, 5) is 11.2. The second-order valence-corrected chi connectivity index (χ2v) is 6.24. The van der Waals surface area contributed by atoms with Gasteiger partial charge in [0, 0.05) is 31.8 Å². The van der Waals surface area contributed by atoms with Gasteiger partial charge in [0.2, 0.25) is 5.89 Å². The molecule has 0 aliphatic carbocycles. The van der Waals surface area contributed by atoms with E-state index in [0.717, 1.165) is 36.9 Å². The Bertz CT molecular complexity index is 627. The van der Waals surface area contributed by atoms with Crippen LogP contribution >= 0.6 is 12.4 Å². The van der Waals surface area contributed by atoms with Gasteiger partial charge in [0.25, 0.3) is 0 Å². The Balaban J connectivity index is 0.00000144. The zero-order valence-corrected chi connectivity index (χ0v) is 13.7. The van der Waals surface area contributed by atoms with Crippen molar-refractivity contribution in [3.05, 3.63) is 29.6 Å². The van der Waals surface area contributed by atoms with Crippen LogP contribution in [0.5, 0.6) is 0 Å². The van der Waals surface area contributed by atoms with Gasteiger partial charge >= 0.3 is 0 Å². The number of aryl methyl sites for hydroxylation is 2. The lowest BCUT2D eigenvalue weighted by Crippen LogP contribution is -2.41. The third kappa shape index (κ3) is 2.77. The molecule has 0 amide bonds. The lowest BCUT2D eigenvalue weighted by Gasteiger charge is -2.37. The van der Waals surface area contributed by atoms with Crippen LogP contribution in [0.2, 0.25) is 0 Å². The minimum Gasteiger partial charge on any atom is -0.445 e. The first-order valence-electron chi connectivity index (χ1n) is 7.66. The molecule has 0 radical (unpaired) electrons. The smallest absolute Gasteiger partial charge is 0.223 e. The molecule has 4 heterocycles. The number of nitrogens with zero attached hydrogens (tertiary/aromatic N) is 4. The number of aromatic nitrogens is 3. The minimum atomic E-state index is 0. The molecule has 22 heavy (non-hydrogen) atoms. The van der Waals surface area contributed by atoms with Gasteiger partial charge in [-0.1, -0.05) is 5.16 Å². The van der Waals surface area contributed by atoms with Crippen LogP contribution in [-0.2, 0) is 6.54 Å². The first-order valence-corrected chi connectivity index (χ1v) is 7.66. The molecule has 2 fully saturated rings. The summed E-state index contributed by atoms with van der Waals surface area (Å²) in [6, 6.07) is 1.19. The Morgan fingerprint density at radius 3 is 2.45 bits per heavy atom. The van der Waals surface area contributed by atoms with Crippen molar-refractivity contribution < 1.29 is 8.94 Å². The fourth-order valence-electron chi connectivity index (χ4n) is 3.88. The Morgan fingerprint density at radius 2 is 1.91 bits per heavy atom. The molecule has 0 spiro atoms. The molecule has 7 heteroatoms. The average Bonchev–Trinajstić information content (AvgIpc) is 3.11. The lowest BCUT2D eigenvalue weighted by molar-refractivity contribution is 0.106. The Hall–Kier alpha value is -1.40. The molecule has 2 aliphatic heterocycles. The van der Waals surface area contributed by atoms with Gasteiger partial charge in [-0.05, 0) is 25.7 Å². The van der Waals surface area contributed by atoms with Gasteiger partial charge in [-0.3, -0.25) is 4.90 Å². The highest BCUT2D eigenvalue weighted by Crippen LogP contribution is 2.42. The number of piperidine rings is 1. The fraction of sp³-hybridized carbons (Fsp3) is 0.667. The number of oxazole rings is 1. The van der Waals surface area contributed by atoms with E-state index < -0.39 is 0 Å². The Kier molecular flexibility index (Phi) is 4.23. The summed E-state index contributed by atoms with van der Waals surface area (Å²) >= 11 is 0. The molecule has 0 N–H and O–H groups in total. The maximum atomic E-state index is 5.63. The summed E-state index contributed by atoms with van der Waals surface area (Å²) in [5, 5.41) is 4.12. The van der Waals surface area contributed by atoms with Crippen LogP contribution in [0.3, 0.4) is 0 Å². The van der Waals surface area contributed by atoms with E-state index in [9.17, 15) is 0 Å². The monoisotopic (exact) mass is 324 g/mol. The third-order valence-electron chi connectivity index (χ3n) is 4.80. The van der Waals surface area contributed by atoms with E-state index in [4.69, 9.17) is 8.94 Å². The van der Waals surface area contributed by atoms with Crippen LogP contribution in [0.1, 0.15) is 55.0 Å². The van der Waals surface area contributed by atoms with Gasteiger partial charge < -0.3 is 8.94 Å². The van der Waals surface area contributed by atoms with Gasteiger partial charge in [0.15, 0.2) is 11.7 Å². The van der Waals surface area contributed by atoms with Crippen molar-refractivity contribution in [2.75, 3.05) is 0 Å². The highest BCUT2D eigenvalue weighted by Gasteiger charge is 2.42. The standard InChI is InChI=1S/C15H20N4O2.ClH/c1-9-16-7-14(20-9)8-19-12-3-4-13(19)6-11(5-12)15-17-10(2)21-18-15;/h7,11-13H,3-6,8H2,1-2H3;1H. The average molecular weight is 325 g/mol. The van der Waals surface area contributed by atoms with Gasteiger partial charge in [-0.25, -0.2) is 4.98 Å². The largest absolute Gasteiger partial charge is 0.445 e. The lowest BCUT2D eigenvalue weighted by atomic mass is 9.90. The van der Waals surface area contributed by atoms with E-state index in [1.54, 1.807) is 0 Å². The molecule has 0 aromatic carbocycles. The molecule has 2 atom stereocenters. The molecule has 2 aromatic rings. The second kappa shape index (κ2) is 6.01.